The maximum absolute atomic E-state index is 10.5. The Kier molecular flexibility index (Phi) is 5.74. The summed E-state index contributed by atoms with van der Waals surface area (Å²) in [4.78, 5) is 10.3. The molecule has 2 unspecified atom stereocenters. The lowest BCUT2D eigenvalue weighted by Crippen LogP contribution is -2.46. The average molecular weight is 485 g/mol. The van der Waals surface area contributed by atoms with Crippen LogP contribution < -0.4 is 5.32 Å². The van der Waals surface area contributed by atoms with Crippen molar-refractivity contribution in [3.05, 3.63) is 71.7 Å². The zero-order chi connectivity index (χ0) is 24.9. The first-order valence-corrected chi connectivity index (χ1v) is 13.2. The van der Waals surface area contributed by atoms with Crippen LogP contribution in [0.2, 0.25) is 0 Å². The minimum Gasteiger partial charge on any atom is -0.365 e. The molecular formula is C29H36N6O. The summed E-state index contributed by atoms with van der Waals surface area (Å²) < 4.78 is 2.21. The van der Waals surface area contributed by atoms with Crippen LogP contribution in [-0.2, 0) is 17.4 Å². The number of aromatic nitrogens is 4. The maximum atomic E-state index is 10.5. The lowest BCUT2D eigenvalue weighted by molar-refractivity contribution is -0.0103. The predicted molar refractivity (Wildman–Crippen MR) is 143 cm³/mol. The van der Waals surface area contributed by atoms with E-state index >= 15 is 0 Å². The van der Waals surface area contributed by atoms with Crippen molar-refractivity contribution in [3.8, 4) is 11.3 Å². The summed E-state index contributed by atoms with van der Waals surface area (Å²) in [5, 5.41) is 19.9. The van der Waals surface area contributed by atoms with E-state index in [2.05, 4.69) is 82.4 Å². The molecule has 1 spiro atoms. The summed E-state index contributed by atoms with van der Waals surface area (Å²) in [5.41, 5.74) is 6.65. The molecule has 36 heavy (non-hydrogen) atoms. The first-order valence-electron chi connectivity index (χ1n) is 13.2. The number of rotatable bonds is 6. The van der Waals surface area contributed by atoms with Gasteiger partial charge in [0.15, 0.2) is 6.35 Å². The van der Waals surface area contributed by atoms with Gasteiger partial charge in [0.05, 0.1) is 5.69 Å². The van der Waals surface area contributed by atoms with E-state index in [1.807, 2.05) is 13.1 Å². The second-order valence-corrected chi connectivity index (χ2v) is 11.0. The number of nitrogens with one attached hydrogen (secondary N) is 2. The van der Waals surface area contributed by atoms with Crippen LogP contribution in [0.25, 0.3) is 22.3 Å². The van der Waals surface area contributed by atoms with Crippen LogP contribution in [0, 0.1) is 0 Å². The highest BCUT2D eigenvalue weighted by Gasteiger charge is 2.45. The van der Waals surface area contributed by atoms with Crippen LogP contribution in [0.3, 0.4) is 0 Å². The molecule has 7 nitrogen and oxygen atoms in total. The Hall–Kier alpha value is -3.00. The topological polar surface area (TPSA) is 82.0 Å². The van der Waals surface area contributed by atoms with Gasteiger partial charge in [0.2, 0.25) is 0 Å². The fraction of sp³-hybridized carbons (Fsp3) is 0.448. The van der Waals surface area contributed by atoms with E-state index in [4.69, 9.17) is 10.1 Å². The van der Waals surface area contributed by atoms with Gasteiger partial charge < -0.3 is 10.1 Å². The quantitative estimate of drug-likeness (QED) is 0.354. The van der Waals surface area contributed by atoms with Crippen molar-refractivity contribution < 1.29 is 5.11 Å². The number of likely N-dealkylation sites (tertiary alicyclic amines) is 1. The Morgan fingerprint density at radius 2 is 2.00 bits per heavy atom. The van der Waals surface area contributed by atoms with Crippen molar-refractivity contribution >= 4 is 11.0 Å². The maximum Gasteiger partial charge on any atom is 0.163 e. The van der Waals surface area contributed by atoms with Crippen molar-refractivity contribution in [1.29, 1.82) is 0 Å². The number of hydrogen-bond donors (Lipinski definition) is 3. The van der Waals surface area contributed by atoms with Gasteiger partial charge >= 0.3 is 0 Å². The molecule has 6 rings (SSSR count). The van der Waals surface area contributed by atoms with Crippen LogP contribution in [0.15, 0.2) is 54.9 Å². The molecule has 0 aliphatic carbocycles. The zero-order valence-corrected chi connectivity index (χ0v) is 21.5. The molecule has 0 saturated carbocycles. The monoisotopic (exact) mass is 484 g/mol. The van der Waals surface area contributed by atoms with Gasteiger partial charge in [0.1, 0.15) is 5.65 Å². The summed E-state index contributed by atoms with van der Waals surface area (Å²) in [6.45, 7) is 10.0. The molecule has 3 N–H and O–H groups in total. The van der Waals surface area contributed by atoms with Crippen LogP contribution in [-0.4, -0.2) is 55.7 Å². The first-order chi connectivity index (χ1) is 17.4. The molecule has 2 atom stereocenters. The fourth-order valence-corrected chi connectivity index (χ4v) is 6.36. The number of benzene rings is 1. The Bertz CT molecular complexity index is 1370. The third-order valence-corrected chi connectivity index (χ3v) is 8.46. The minimum absolute atomic E-state index is 0.0476. The molecule has 0 amide bonds. The number of fused-ring (bicyclic) bond motifs is 3. The van der Waals surface area contributed by atoms with E-state index in [1.54, 1.807) is 0 Å². The number of aliphatic hydroxyl groups is 1. The molecule has 7 heteroatoms. The van der Waals surface area contributed by atoms with Gasteiger partial charge in [-0.2, -0.15) is 5.10 Å². The highest BCUT2D eigenvalue weighted by Crippen LogP contribution is 2.43. The second-order valence-electron chi connectivity index (χ2n) is 11.0. The van der Waals surface area contributed by atoms with Crippen LogP contribution in [0.5, 0.6) is 0 Å². The summed E-state index contributed by atoms with van der Waals surface area (Å²) in [5.74, 6) is 0. The first kappa shape index (κ1) is 23.4. The van der Waals surface area contributed by atoms with E-state index in [0.717, 1.165) is 67.7 Å². The zero-order valence-electron chi connectivity index (χ0n) is 21.5. The second kappa shape index (κ2) is 8.83. The van der Waals surface area contributed by atoms with Gasteiger partial charge in [-0.05, 0) is 49.1 Å². The molecule has 0 radical (unpaired) electrons. The third-order valence-electron chi connectivity index (χ3n) is 8.46. The van der Waals surface area contributed by atoms with E-state index in [-0.39, 0.29) is 10.8 Å². The minimum atomic E-state index is -0.585. The normalized spacial score (nSPS) is 21.3. The Morgan fingerprint density at radius 1 is 1.17 bits per heavy atom. The lowest BCUT2D eigenvalue weighted by atomic mass is 9.77. The number of aliphatic hydroxyl groups excluding tert-OH is 1. The highest BCUT2D eigenvalue weighted by atomic mass is 16.3. The number of aryl methyl sites for hydroxylation is 1. The van der Waals surface area contributed by atoms with E-state index < -0.39 is 6.35 Å². The molecule has 1 saturated heterocycles. The highest BCUT2D eigenvalue weighted by molar-refractivity contribution is 5.85. The molecule has 0 bridgehead atoms. The molecule has 1 aromatic carbocycles. The summed E-state index contributed by atoms with van der Waals surface area (Å²) >= 11 is 0. The van der Waals surface area contributed by atoms with Gasteiger partial charge in [-0.1, -0.05) is 51.1 Å². The van der Waals surface area contributed by atoms with Crippen molar-refractivity contribution in [2.45, 2.75) is 63.8 Å². The Balaban J connectivity index is 1.36. The van der Waals surface area contributed by atoms with E-state index in [1.165, 1.54) is 16.8 Å². The third kappa shape index (κ3) is 3.77. The van der Waals surface area contributed by atoms with Crippen molar-refractivity contribution in [3.63, 3.8) is 0 Å². The molecule has 5 heterocycles. The lowest BCUT2D eigenvalue weighted by Gasteiger charge is -2.35. The van der Waals surface area contributed by atoms with Gasteiger partial charge in [0, 0.05) is 59.5 Å². The van der Waals surface area contributed by atoms with Crippen molar-refractivity contribution in [2.75, 3.05) is 19.6 Å². The largest absolute Gasteiger partial charge is 0.365 e. The molecular weight excluding hydrogens is 448 g/mol. The van der Waals surface area contributed by atoms with Gasteiger partial charge in [-0.3, -0.25) is 14.9 Å². The average Bonchev–Trinajstić information content (AvgIpc) is 3.62. The van der Waals surface area contributed by atoms with Gasteiger partial charge in [-0.15, -0.1) is 0 Å². The van der Waals surface area contributed by atoms with Gasteiger partial charge in [-0.25, -0.2) is 4.98 Å². The Labute approximate surface area is 212 Å². The SMILES string of the molecule is CCNC(O)N1CCC2(CCCn3nc(-c4cnc5[nH]cc(C(C)(C)c6ccccc6)c5c4)cc32)C1. The van der Waals surface area contributed by atoms with Gasteiger partial charge in [0.25, 0.3) is 0 Å². The van der Waals surface area contributed by atoms with Crippen LogP contribution in [0.4, 0.5) is 0 Å². The van der Waals surface area contributed by atoms with Crippen molar-refractivity contribution in [1.82, 2.24) is 30.0 Å². The Morgan fingerprint density at radius 3 is 2.81 bits per heavy atom. The molecule has 3 aromatic heterocycles. The molecule has 2 aliphatic heterocycles. The number of pyridine rings is 1. The number of nitrogens with zero attached hydrogens (tertiary/aromatic N) is 4. The number of aromatic amines is 1. The molecule has 2 aliphatic rings. The predicted octanol–water partition coefficient (Wildman–Crippen LogP) is 4.38. The number of hydrogen-bond acceptors (Lipinski definition) is 5. The van der Waals surface area contributed by atoms with Crippen molar-refractivity contribution in [2.24, 2.45) is 0 Å². The van der Waals surface area contributed by atoms with E-state index in [0.29, 0.717) is 0 Å². The summed E-state index contributed by atoms with van der Waals surface area (Å²) in [6, 6.07) is 15.2. The molecule has 188 valence electrons. The van der Waals surface area contributed by atoms with Crippen LogP contribution >= 0.6 is 0 Å². The van der Waals surface area contributed by atoms with E-state index in [9.17, 15) is 5.11 Å². The molecule has 4 aromatic rings. The fourth-order valence-electron chi connectivity index (χ4n) is 6.36. The number of H-pyrrole nitrogens is 1. The van der Waals surface area contributed by atoms with Crippen LogP contribution in [0.1, 0.15) is 56.9 Å². The standard InChI is InChI=1S/C29H36N6O/c1-4-30-27(36)34-14-12-29(19-34)11-8-13-35-25(29)16-24(33-35)20-15-22-23(18-32-26(22)31-17-20)28(2,3)21-9-6-5-7-10-21/h5-7,9-10,15-18,27,30,36H,4,8,11-14,19H2,1-3H3,(H,31,32). The summed E-state index contributed by atoms with van der Waals surface area (Å²) in [7, 11) is 0. The molecule has 1 fully saturated rings. The summed E-state index contributed by atoms with van der Waals surface area (Å²) in [6.07, 6.45) is 6.76. The smallest absolute Gasteiger partial charge is 0.163 e.